The van der Waals surface area contributed by atoms with Gasteiger partial charge >= 0.3 is 0 Å². The number of ether oxygens (including phenoxy) is 2. The molecule has 166 valence electrons. The number of methoxy groups -OCH3 is 1. The summed E-state index contributed by atoms with van der Waals surface area (Å²) in [6.45, 7) is 2.65. The van der Waals surface area contributed by atoms with E-state index in [1.54, 1.807) is 25.3 Å². The normalized spacial score (nSPS) is 13.3. The zero-order valence-electron chi connectivity index (χ0n) is 18.3. The van der Waals surface area contributed by atoms with Gasteiger partial charge in [-0.3, -0.25) is 4.79 Å². The first-order valence-corrected chi connectivity index (χ1v) is 10.5. The van der Waals surface area contributed by atoms with Gasteiger partial charge in [0.1, 0.15) is 18.8 Å². The van der Waals surface area contributed by atoms with Crippen molar-refractivity contribution in [3.63, 3.8) is 0 Å². The summed E-state index contributed by atoms with van der Waals surface area (Å²) < 4.78 is 11.1. The number of terminal acetylenes is 1. The molecule has 2 heterocycles. The summed E-state index contributed by atoms with van der Waals surface area (Å²) >= 11 is 0. The lowest BCUT2D eigenvalue weighted by atomic mass is 10.1. The lowest BCUT2D eigenvalue weighted by Crippen LogP contribution is -2.49. The minimum Gasteiger partial charge on any atom is -0.493 e. The molecule has 1 aliphatic heterocycles. The predicted octanol–water partition coefficient (Wildman–Crippen LogP) is 2.41. The molecule has 0 spiro atoms. The second-order valence-electron chi connectivity index (χ2n) is 7.56. The Hall–Kier alpha value is -4.30. The number of nitriles is 1. The second-order valence-corrected chi connectivity index (χ2v) is 7.56. The molecular formula is C25H23N5O3. The molecule has 8 nitrogen and oxygen atoms in total. The lowest BCUT2D eigenvalue weighted by Gasteiger charge is -2.36. The second kappa shape index (κ2) is 9.88. The van der Waals surface area contributed by atoms with Gasteiger partial charge in [0.25, 0.3) is 0 Å². The largest absolute Gasteiger partial charge is 0.493 e. The Balaban J connectivity index is 1.46. The number of carbonyl (C=O) groups excluding carboxylic acids is 1. The fourth-order valence-electron chi connectivity index (χ4n) is 3.85. The van der Waals surface area contributed by atoms with Crippen LogP contribution in [0.1, 0.15) is 11.1 Å². The molecule has 3 aromatic rings. The van der Waals surface area contributed by atoms with Crippen molar-refractivity contribution >= 4 is 22.6 Å². The summed E-state index contributed by atoms with van der Waals surface area (Å²) in [5.74, 6) is 4.41. The van der Waals surface area contributed by atoms with Crippen LogP contribution in [0, 0.1) is 23.7 Å². The Kier molecular flexibility index (Phi) is 6.56. The quantitative estimate of drug-likeness (QED) is 0.543. The molecule has 0 unspecified atom stereocenters. The van der Waals surface area contributed by atoms with Gasteiger partial charge in [0, 0.05) is 37.6 Å². The van der Waals surface area contributed by atoms with Gasteiger partial charge in [0.15, 0.2) is 11.5 Å². The van der Waals surface area contributed by atoms with Gasteiger partial charge in [-0.05, 0) is 23.8 Å². The molecule has 2 aromatic carbocycles. The number of anilines is 1. The van der Waals surface area contributed by atoms with Crippen LogP contribution in [-0.2, 0) is 11.2 Å². The number of fused-ring (bicyclic) bond motifs is 1. The zero-order chi connectivity index (χ0) is 23.2. The Morgan fingerprint density at radius 2 is 1.88 bits per heavy atom. The third-order valence-electron chi connectivity index (χ3n) is 5.58. The molecule has 1 aromatic heterocycles. The standard InChI is InChI=1S/C25H23N5O3/c1-3-12-33-23-15-21-20(14-22(23)32-2)25(28-17-27-21)30-10-8-29(9-11-30)24(31)13-18-4-6-19(16-26)7-5-18/h1,4-7,14-15,17H,8-13H2,2H3. The number of carbonyl (C=O) groups is 1. The van der Waals surface area contributed by atoms with Crippen LogP contribution in [0.15, 0.2) is 42.7 Å². The van der Waals surface area contributed by atoms with E-state index in [1.807, 2.05) is 23.1 Å². The van der Waals surface area contributed by atoms with E-state index < -0.39 is 0 Å². The van der Waals surface area contributed by atoms with Crippen LogP contribution in [0.4, 0.5) is 5.82 Å². The number of nitrogens with zero attached hydrogens (tertiary/aromatic N) is 5. The van der Waals surface area contributed by atoms with Gasteiger partial charge in [-0.1, -0.05) is 18.1 Å². The van der Waals surface area contributed by atoms with Crippen molar-refractivity contribution in [2.45, 2.75) is 6.42 Å². The summed E-state index contributed by atoms with van der Waals surface area (Å²) in [4.78, 5) is 25.7. The third-order valence-corrected chi connectivity index (χ3v) is 5.58. The zero-order valence-corrected chi connectivity index (χ0v) is 18.3. The lowest BCUT2D eigenvalue weighted by molar-refractivity contribution is -0.130. The van der Waals surface area contributed by atoms with E-state index in [1.165, 1.54) is 6.33 Å². The molecule has 0 bridgehead atoms. The fourth-order valence-corrected chi connectivity index (χ4v) is 3.85. The highest BCUT2D eigenvalue weighted by Gasteiger charge is 2.24. The van der Waals surface area contributed by atoms with Crippen molar-refractivity contribution < 1.29 is 14.3 Å². The Morgan fingerprint density at radius 1 is 1.12 bits per heavy atom. The van der Waals surface area contributed by atoms with Crippen molar-refractivity contribution in [2.75, 3.05) is 44.8 Å². The number of benzene rings is 2. The first-order valence-electron chi connectivity index (χ1n) is 10.5. The van der Waals surface area contributed by atoms with E-state index in [-0.39, 0.29) is 12.5 Å². The van der Waals surface area contributed by atoms with Gasteiger partial charge in [0.2, 0.25) is 5.91 Å². The van der Waals surface area contributed by atoms with Crippen LogP contribution in [-0.4, -0.2) is 60.7 Å². The average molecular weight is 441 g/mol. The fraction of sp³-hybridized carbons (Fsp3) is 0.280. The molecular weight excluding hydrogens is 418 g/mol. The van der Waals surface area contributed by atoms with Crippen molar-refractivity contribution in [1.82, 2.24) is 14.9 Å². The molecule has 4 rings (SSSR count). The minimum absolute atomic E-state index is 0.0730. The maximum atomic E-state index is 12.8. The number of amides is 1. The van der Waals surface area contributed by atoms with Crippen LogP contribution in [0.25, 0.3) is 10.9 Å². The summed E-state index contributed by atoms with van der Waals surface area (Å²) in [7, 11) is 1.58. The van der Waals surface area contributed by atoms with E-state index in [0.29, 0.717) is 49.7 Å². The first-order chi connectivity index (χ1) is 16.1. The molecule has 1 fully saturated rings. The molecule has 0 N–H and O–H groups in total. The highest BCUT2D eigenvalue weighted by atomic mass is 16.5. The van der Waals surface area contributed by atoms with Crippen LogP contribution in [0.3, 0.4) is 0 Å². The topological polar surface area (TPSA) is 91.6 Å². The molecule has 1 aliphatic rings. The third kappa shape index (κ3) is 4.81. The molecule has 1 saturated heterocycles. The Bertz CT molecular complexity index is 1240. The van der Waals surface area contributed by atoms with E-state index >= 15 is 0 Å². The molecule has 8 heteroatoms. The van der Waals surface area contributed by atoms with E-state index in [2.05, 4.69) is 26.9 Å². The predicted molar refractivity (Wildman–Crippen MR) is 124 cm³/mol. The van der Waals surface area contributed by atoms with Gasteiger partial charge in [-0.2, -0.15) is 5.26 Å². The maximum absolute atomic E-state index is 12.8. The van der Waals surface area contributed by atoms with Gasteiger partial charge in [-0.25, -0.2) is 9.97 Å². The highest BCUT2D eigenvalue weighted by Crippen LogP contribution is 2.35. The number of hydrogen-bond acceptors (Lipinski definition) is 7. The monoisotopic (exact) mass is 441 g/mol. The van der Waals surface area contributed by atoms with E-state index in [0.717, 1.165) is 22.3 Å². The van der Waals surface area contributed by atoms with Crippen LogP contribution >= 0.6 is 0 Å². The summed E-state index contributed by atoms with van der Waals surface area (Å²) in [6, 6.07) is 12.9. The molecule has 0 aliphatic carbocycles. The van der Waals surface area contributed by atoms with Gasteiger partial charge < -0.3 is 19.3 Å². The number of aromatic nitrogens is 2. The van der Waals surface area contributed by atoms with Crippen LogP contribution in [0.5, 0.6) is 11.5 Å². The first kappa shape index (κ1) is 21.9. The summed E-state index contributed by atoms with van der Waals surface area (Å²) in [5, 5.41) is 9.76. The summed E-state index contributed by atoms with van der Waals surface area (Å²) in [5.41, 5.74) is 2.22. The number of piperazine rings is 1. The van der Waals surface area contributed by atoms with E-state index in [4.69, 9.17) is 21.2 Å². The van der Waals surface area contributed by atoms with Gasteiger partial charge in [0.05, 0.1) is 30.7 Å². The smallest absolute Gasteiger partial charge is 0.227 e. The molecule has 0 radical (unpaired) electrons. The number of hydrogen-bond donors (Lipinski definition) is 0. The van der Waals surface area contributed by atoms with E-state index in [9.17, 15) is 4.79 Å². The van der Waals surface area contributed by atoms with Gasteiger partial charge in [-0.15, -0.1) is 6.42 Å². The average Bonchev–Trinajstić information content (AvgIpc) is 2.87. The van der Waals surface area contributed by atoms with Crippen LogP contribution < -0.4 is 14.4 Å². The SMILES string of the molecule is C#CCOc1cc2ncnc(N3CCN(C(=O)Cc4ccc(C#N)cc4)CC3)c2cc1OC. The summed E-state index contributed by atoms with van der Waals surface area (Å²) in [6.07, 6.45) is 7.15. The minimum atomic E-state index is 0.0730. The molecule has 33 heavy (non-hydrogen) atoms. The van der Waals surface area contributed by atoms with Crippen molar-refractivity contribution in [3.8, 4) is 29.9 Å². The van der Waals surface area contributed by atoms with Crippen molar-refractivity contribution in [2.24, 2.45) is 0 Å². The van der Waals surface area contributed by atoms with Crippen molar-refractivity contribution in [1.29, 1.82) is 5.26 Å². The Labute approximate surface area is 192 Å². The highest BCUT2D eigenvalue weighted by molar-refractivity contribution is 5.92. The molecule has 0 atom stereocenters. The van der Waals surface area contributed by atoms with Crippen molar-refractivity contribution in [3.05, 3.63) is 53.9 Å². The number of rotatable bonds is 6. The Morgan fingerprint density at radius 3 is 2.55 bits per heavy atom. The molecule has 1 amide bonds. The maximum Gasteiger partial charge on any atom is 0.227 e. The van der Waals surface area contributed by atoms with Crippen LogP contribution in [0.2, 0.25) is 0 Å². The molecule has 0 saturated carbocycles.